The molecule has 0 aromatic heterocycles. The summed E-state index contributed by atoms with van der Waals surface area (Å²) >= 11 is 0. The van der Waals surface area contributed by atoms with E-state index in [0.717, 1.165) is 12.1 Å². The Labute approximate surface area is 88.3 Å². The van der Waals surface area contributed by atoms with E-state index in [9.17, 15) is 0 Å². The minimum atomic E-state index is 0.875. The maximum absolute atomic E-state index is 2.71. The van der Waals surface area contributed by atoms with Gasteiger partial charge >= 0.3 is 0 Å². The predicted molar refractivity (Wildman–Crippen MR) is 60.5 cm³/mol. The summed E-state index contributed by atoms with van der Waals surface area (Å²) in [6.07, 6.45) is 5.74. The molecule has 0 unspecified atom stereocenters. The highest BCUT2D eigenvalue weighted by molar-refractivity contribution is 4.89. The van der Waals surface area contributed by atoms with Crippen LogP contribution in [0.15, 0.2) is 0 Å². The zero-order chi connectivity index (χ0) is 9.97. The van der Waals surface area contributed by atoms with Crippen molar-refractivity contribution in [2.75, 3.05) is 26.2 Å². The van der Waals surface area contributed by atoms with Crippen molar-refractivity contribution in [3.63, 3.8) is 0 Å². The van der Waals surface area contributed by atoms with E-state index in [1.165, 1.54) is 51.9 Å². The average Bonchev–Trinajstić information content (AvgIpc) is 3.04. The van der Waals surface area contributed by atoms with E-state index in [0.29, 0.717) is 0 Å². The van der Waals surface area contributed by atoms with Gasteiger partial charge in [-0.2, -0.15) is 0 Å². The maximum Gasteiger partial charge on any atom is 0.0119 e. The van der Waals surface area contributed by atoms with Gasteiger partial charge in [0.05, 0.1) is 0 Å². The molecule has 0 aromatic carbocycles. The molecule has 1 saturated heterocycles. The van der Waals surface area contributed by atoms with Crippen molar-refractivity contribution in [1.29, 1.82) is 0 Å². The second-order valence-corrected chi connectivity index (χ2v) is 4.72. The number of piperidine rings is 1. The van der Waals surface area contributed by atoms with Crippen LogP contribution in [0.4, 0.5) is 0 Å². The van der Waals surface area contributed by atoms with E-state index in [4.69, 9.17) is 0 Å². The highest BCUT2D eigenvalue weighted by atomic mass is 15.2. The fourth-order valence-electron chi connectivity index (χ4n) is 2.80. The third-order valence-corrected chi connectivity index (χ3v) is 3.89. The van der Waals surface area contributed by atoms with E-state index in [1.54, 1.807) is 0 Å². The topological polar surface area (TPSA) is 6.48 Å². The molecule has 0 spiro atoms. The van der Waals surface area contributed by atoms with Crippen LogP contribution in [0.1, 0.15) is 39.5 Å². The lowest BCUT2D eigenvalue weighted by Crippen LogP contribution is -2.45. The summed E-state index contributed by atoms with van der Waals surface area (Å²) in [5, 5.41) is 0. The molecule has 1 aliphatic carbocycles. The molecule has 0 aromatic rings. The molecule has 0 N–H and O–H groups in total. The quantitative estimate of drug-likeness (QED) is 0.678. The van der Waals surface area contributed by atoms with Crippen LogP contribution in [0.3, 0.4) is 0 Å². The molecule has 14 heavy (non-hydrogen) atoms. The number of nitrogens with zero attached hydrogens (tertiary/aromatic N) is 2. The molecule has 0 bridgehead atoms. The van der Waals surface area contributed by atoms with Gasteiger partial charge in [0.1, 0.15) is 0 Å². The third-order valence-electron chi connectivity index (χ3n) is 3.89. The zero-order valence-electron chi connectivity index (χ0n) is 9.71. The monoisotopic (exact) mass is 196 g/mol. The SMILES string of the molecule is CCN(CC)C1CCN(C2CC2)CC1. The molecule has 1 aliphatic heterocycles. The van der Waals surface area contributed by atoms with Crippen LogP contribution in [-0.4, -0.2) is 48.1 Å². The summed E-state index contributed by atoms with van der Waals surface area (Å²) in [4.78, 5) is 5.34. The van der Waals surface area contributed by atoms with Crippen molar-refractivity contribution >= 4 is 0 Å². The van der Waals surface area contributed by atoms with E-state index < -0.39 is 0 Å². The summed E-state index contributed by atoms with van der Waals surface area (Å²) in [6, 6.07) is 1.85. The van der Waals surface area contributed by atoms with Crippen LogP contribution in [0.5, 0.6) is 0 Å². The predicted octanol–water partition coefficient (Wildman–Crippen LogP) is 1.95. The summed E-state index contributed by atoms with van der Waals surface area (Å²) in [7, 11) is 0. The summed E-state index contributed by atoms with van der Waals surface area (Å²) in [6.45, 7) is 9.74. The fourth-order valence-corrected chi connectivity index (χ4v) is 2.80. The Balaban J connectivity index is 1.76. The molecule has 2 aliphatic rings. The van der Waals surface area contributed by atoms with Crippen molar-refractivity contribution in [3.8, 4) is 0 Å². The lowest BCUT2D eigenvalue weighted by atomic mass is 10.0. The largest absolute Gasteiger partial charge is 0.301 e. The average molecular weight is 196 g/mol. The van der Waals surface area contributed by atoms with Gasteiger partial charge in [-0.25, -0.2) is 0 Å². The summed E-state index contributed by atoms with van der Waals surface area (Å²) in [5.41, 5.74) is 0. The van der Waals surface area contributed by atoms with Crippen LogP contribution in [0.2, 0.25) is 0 Å². The molecule has 0 atom stereocenters. The second kappa shape index (κ2) is 4.63. The molecule has 1 heterocycles. The highest BCUT2D eigenvalue weighted by Crippen LogP contribution is 2.30. The van der Waals surface area contributed by atoms with Gasteiger partial charge in [0, 0.05) is 12.1 Å². The first-order valence-electron chi connectivity index (χ1n) is 6.33. The molecule has 1 saturated carbocycles. The Hall–Kier alpha value is -0.0800. The first-order chi connectivity index (χ1) is 6.85. The normalized spacial score (nSPS) is 25.9. The minimum Gasteiger partial charge on any atom is -0.301 e. The molecular formula is C12H24N2. The molecule has 2 fully saturated rings. The smallest absolute Gasteiger partial charge is 0.0119 e. The van der Waals surface area contributed by atoms with Gasteiger partial charge < -0.3 is 9.80 Å². The van der Waals surface area contributed by atoms with Crippen molar-refractivity contribution in [1.82, 2.24) is 9.80 Å². The fraction of sp³-hybridized carbons (Fsp3) is 1.00. The standard InChI is InChI=1S/C12H24N2/c1-3-13(4-2)12-7-9-14(10-8-12)11-5-6-11/h11-12H,3-10H2,1-2H3. The van der Waals surface area contributed by atoms with E-state index in [-0.39, 0.29) is 0 Å². The van der Waals surface area contributed by atoms with E-state index >= 15 is 0 Å². The van der Waals surface area contributed by atoms with Gasteiger partial charge in [0.15, 0.2) is 0 Å². The van der Waals surface area contributed by atoms with Gasteiger partial charge in [0.25, 0.3) is 0 Å². The summed E-state index contributed by atoms with van der Waals surface area (Å²) in [5.74, 6) is 0. The Bertz CT molecular complexity index is 165. The Morgan fingerprint density at radius 1 is 1.00 bits per heavy atom. The number of hydrogen-bond acceptors (Lipinski definition) is 2. The van der Waals surface area contributed by atoms with Crippen molar-refractivity contribution in [2.24, 2.45) is 0 Å². The Morgan fingerprint density at radius 3 is 2.00 bits per heavy atom. The number of likely N-dealkylation sites (tertiary alicyclic amines) is 1. The highest BCUT2D eigenvalue weighted by Gasteiger charge is 2.32. The van der Waals surface area contributed by atoms with E-state index in [2.05, 4.69) is 23.6 Å². The third kappa shape index (κ3) is 2.29. The van der Waals surface area contributed by atoms with Gasteiger partial charge in [0.2, 0.25) is 0 Å². The minimum absolute atomic E-state index is 0.875. The van der Waals surface area contributed by atoms with Gasteiger partial charge in [-0.15, -0.1) is 0 Å². The van der Waals surface area contributed by atoms with Crippen LogP contribution < -0.4 is 0 Å². The molecule has 2 rings (SSSR count). The van der Waals surface area contributed by atoms with Crippen molar-refractivity contribution in [3.05, 3.63) is 0 Å². The lowest BCUT2D eigenvalue weighted by Gasteiger charge is -2.37. The van der Waals surface area contributed by atoms with Gasteiger partial charge in [-0.05, 0) is 51.9 Å². The van der Waals surface area contributed by atoms with Gasteiger partial charge in [-0.1, -0.05) is 13.8 Å². The van der Waals surface area contributed by atoms with Crippen LogP contribution in [0.25, 0.3) is 0 Å². The number of rotatable bonds is 4. The Morgan fingerprint density at radius 2 is 1.57 bits per heavy atom. The Kier molecular flexibility index (Phi) is 3.45. The van der Waals surface area contributed by atoms with Crippen molar-refractivity contribution < 1.29 is 0 Å². The first kappa shape index (κ1) is 10.4. The van der Waals surface area contributed by atoms with Crippen molar-refractivity contribution in [2.45, 2.75) is 51.6 Å². The van der Waals surface area contributed by atoms with Gasteiger partial charge in [-0.3, -0.25) is 0 Å². The second-order valence-electron chi connectivity index (χ2n) is 4.72. The molecule has 2 heteroatoms. The molecule has 82 valence electrons. The first-order valence-corrected chi connectivity index (χ1v) is 6.33. The zero-order valence-corrected chi connectivity index (χ0v) is 9.71. The summed E-state index contributed by atoms with van der Waals surface area (Å²) < 4.78 is 0. The van der Waals surface area contributed by atoms with Crippen LogP contribution in [-0.2, 0) is 0 Å². The number of hydrogen-bond donors (Lipinski definition) is 0. The molecule has 2 nitrogen and oxygen atoms in total. The van der Waals surface area contributed by atoms with Crippen LogP contribution >= 0.6 is 0 Å². The lowest BCUT2D eigenvalue weighted by molar-refractivity contribution is 0.112. The maximum atomic E-state index is 2.71. The molecular weight excluding hydrogens is 172 g/mol. The molecule has 0 amide bonds. The van der Waals surface area contributed by atoms with Crippen LogP contribution in [0, 0.1) is 0 Å². The molecule has 0 radical (unpaired) electrons. The van der Waals surface area contributed by atoms with E-state index in [1.807, 2.05) is 0 Å².